The molecule has 0 radical (unpaired) electrons. The second kappa shape index (κ2) is 3.47. The van der Waals surface area contributed by atoms with Crippen molar-refractivity contribution in [2.75, 3.05) is 0 Å². The first-order chi connectivity index (χ1) is 7.00. The fraction of sp³-hybridized carbons (Fsp3) is 0.273. The second-order valence-corrected chi connectivity index (χ2v) is 5.06. The van der Waals surface area contributed by atoms with E-state index in [-0.39, 0.29) is 4.90 Å². The van der Waals surface area contributed by atoms with E-state index < -0.39 is 10.1 Å². The number of hydrogen-bond acceptors (Lipinski definition) is 2. The summed E-state index contributed by atoms with van der Waals surface area (Å²) < 4.78 is 31.7. The molecule has 1 aromatic rings. The van der Waals surface area contributed by atoms with Crippen molar-refractivity contribution in [2.24, 2.45) is 0 Å². The molecule has 0 heterocycles. The van der Waals surface area contributed by atoms with E-state index in [1.165, 1.54) is 0 Å². The van der Waals surface area contributed by atoms with Crippen molar-refractivity contribution >= 4 is 16.2 Å². The normalized spacial score (nSPS) is 15.1. The Kier molecular flexibility index (Phi) is 2.40. The van der Waals surface area contributed by atoms with Crippen LogP contribution in [0.25, 0.3) is 6.08 Å². The molecule has 4 heteroatoms. The van der Waals surface area contributed by atoms with Crippen LogP contribution in [0.5, 0.6) is 0 Å². The molecule has 0 atom stereocenters. The lowest BCUT2D eigenvalue weighted by molar-refractivity contribution is 0.482. The lowest BCUT2D eigenvalue weighted by Gasteiger charge is -2.15. The summed E-state index contributed by atoms with van der Waals surface area (Å²) in [7, 11) is -4.13. The number of benzene rings is 1. The highest BCUT2D eigenvalue weighted by Crippen LogP contribution is 2.28. The lowest BCUT2D eigenvalue weighted by atomic mass is 9.96. The number of allylic oxidation sites excluding steroid dienone is 1. The summed E-state index contributed by atoms with van der Waals surface area (Å²) in [5, 5.41) is 0. The van der Waals surface area contributed by atoms with Gasteiger partial charge in [0, 0.05) is 0 Å². The largest absolute Gasteiger partial charge is 0.295 e. The van der Waals surface area contributed by atoms with Crippen LogP contribution in [0.3, 0.4) is 0 Å². The van der Waals surface area contributed by atoms with Gasteiger partial charge < -0.3 is 0 Å². The summed E-state index contributed by atoms with van der Waals surface area (Å²) in [6.07, 6.45) is 5.45. The first kappa shape index (κ1) is 10.4. The van der Waals surface area contributed by atoms with E-state index in [0.29, 0.717) is 11.1 Å². The van der Waals surface area contributed by atoms with Crippen molar-refractivity contribution in [1.82, 2.24) is 0 Å². The molecule has 0 saturated heterocycles. The van der Waals surface area contributed by atoms with Crippen molar-refractivity contribution < 1.29 is 13.0 Å². The Hall–Kier alpha value is -1.13. The van der Waals surface area contributed by atoms with E-state index in [9.17, 15) is 8.42 Å². The standard InChI is InChI=1S/C11H12O3S/c1-8-6-7-9-4-2-3-5-10(9)11(8)15(12,13)14/h3,5-7H,2,4H2,1H3,(H,12,13,14). The Morgan fingerprint density at radius 3 is 2.73 bits per heavy atom. The smallest absolute Gasteiger partial charge is 0.282 e. The molecule has 1 aromatic carbocycles. The fourth-order valence-corrected chi connectivity index (χ4v) is 2.88. The van der Waals surface area contributed by atoms with Gasteiger partial charge in [-0.1, -0.05) is 24.3 Å². The Bertz CT molecular complexity index is 527. The fourth-order valence-electron chi connectivity index (χ4n) is 1.93. The molecule has 0 bridgehead atoms. The molecular formula is C11H12O3S. The molecule has 0 aliphatic heterocycles. The van der Waals surface area contributed by atoms with Crippen LogP contribution < -0.4 is 0 Å². The summed E-state index contributed by atoms with van der Waals surface area (Å²) in [5.41, 5.74) is 2.21. The molecule has 1 aliphatic carbocycles. The van der Waals surface area contributed by atoms with Crippen LogP contribution in [0.4, 0.5) is 0 Å². The molecule has 0 amide bonds. The molecule has 80 valence electrons. The van der Waals surface area contributed by atoms with E-state index in [4.69, 9.17) is 4.55 Å². The van der Waals surface area contributed by atoms with Crippen LogP contribution >= 0.6 is 0 Å². The summed E-state index contributed by atoms with van der Waals surface area (Å²) >= 11 is 0. The van der Waals surface area contributed by atoms with Crippen LogP contribution in [-0.2, 0) is 16.5 Å². The number of aryl methyl sites for hydroxylation is 2. The Morgan fingerprint density at radius 1 is 1.33 bits per heavy atom. The van der Waals surface area contributed by atoms with Crippen molar-refractivity contribution in [2.45, 2.75) is 24.7 Å². The van der Waals surface area contributed by atoms with Gasteiger partial charge in [0.2, 0.25) is 0 Å². The van der Waals surface area contributed by atoms with Crippen molar-refractivity contribution in [3.05, 3.63) is 34.9 Å². The minimum absolute atomic E-state index is 0.0518. The van der Waals surface area contributed by atoms with Crippen molar-refractivity contribution in [1.29, 1.82) is 0 Å². The predicted molar refractivity (Wildman–Crippen MR) is 58.3 cm³/mol. The highest BCUT2D eigenvalue weighted by molar-refractivity contribution is 7.86. The maximum Gasteiger partial charge on any atom is 0.295 e. The Labute approximate surface area is 89.2 Å². The third kappa shape index (κ3) is 1.82. The molecule has 0 fully saturated rings. The van der Waals surface area contributed by atoms with E-state index >= 15 is 0 Å². The molecule has 0 unspecified atom stereocenters. The Morgan fingerprint density at radius 2 is 2.07 bits per heavy atom. The molecule has 15 heavy (non-hydrogen) atoms. The first-order valence-corrected chi connectivity index (χ1v) is 6.20. The second-order valence-electron chi connectivity index (χ2n) is 3.70. The highest BCUT2D eigenvalue weighted by atomic mass is 32.2. The summed E-state index contributed by atoms with van der Waals surface area (Å²) in [4.78, 5) is 0.0518. The third-order valence-corrected chi connectivity index (χ3v) is 3.66. The van der Waals surface area contributed by atoms with Crippen LogP contribution in [0.1, 0.15) is 23.1 Å². The number of hydrogen-bond donors (Lipinski definition) is 1. The van der Waals surface area contributed by atoms with Gasteiger partial charge in [0.15, 0.2) is 0 Å². The van der Waals surface area contributed by atoms with Gasteiger partial charge in [0.25, 0.3) is 10.1 Å². The van der Waals surface area contributed by atoms with Gasteiger partial charge in [-0.05, 0) is 36.5 Å². The monoisotopic (exact) mass is 224 g/mol. The zero-order valence-electron chi connectivity index (χ0n) is 8.40. The maximum atomic E-state index is 11.2. The van der Waals surface area contributed by atoms with Crippen LogP contribution in [0.15, 0.2) is 23.1 Å². The number of rotatable bonds is 1. The lowest BCUT2D eigenvalue weighted by Crippen LogP contribution is -2.07. The van der Waals surface area contributed by atoms with Gasteiger partial charge in [-0.25, -0.2) is 0 Å². The van der Waals surface area contributed by atoms with Crippen LogP contribution in [0, 0.1) is 6.92 Å². The molecule has 3 nitrogen and oxygen atoms in total. The SMILES string of the molecule is Cc1ccc2c(c1S(=O)(=O)O)C=CCC2. The molecule has 0 spiro atoms. The zero-order valence-corrected chi connectivity index (χ0v) is 9.21. The molecule has 2 rings (SSSR count). The van der Waals surface area contributed by atoms with Gasteiger partial charge in [0.1, 0.15) is 4.90 Å². The van der Waals surface area contributed by atoms with Gasteiger partial charge >= 0.3 is 0 Å². The average Bonchev–Trinajstić information content (AvgIpc) is 2.15. The van der Waals surface area contributed by atoms with E-state index in [2.05, 4.69) is 0 Å². The molecular weight excluding hydrogens is 212 g/mol. The van der Waals surface area contributed by atoms with Gasteiger partial charge in [0.05, 0.1) is 0 Å². The van der Waals surface area contributed by atoms with Gasteiger partial charge in [-0.15, -0.1) is 0 Å². The minimum atomic E-state index is -4.13. The first-order valence-electron chi connectivity index (χ1n) is 4.76. The molecule has 1 N–H and O–H groups in total. The van der Waals surface area contributed by atoms with Crippen LogP contribution in [0.2, 0.25) is 0 Å². The molecule has 0 saturated carbocycles. The number of fused-ring (bicyclic) bond motifs is 1. The summed E-state index contributed by atoms with van der Waals surface area (Å²) in [6, 6.07) is 3.66. The van der Waals surface area contributed by atoms with E-state index in [0.717, 1.165) is 18.4 Å². The van der Waals surface area contributed by atoms with Gasteiger partial charge in [-0.2, -0.15) is 8.42 Å². The molecule has 1 aliphatic rings. The van der Waals surface area contributed by atoms with E-state index in [1.54, 1.807) is 19.1 Å². The van der Waals surface area contributed by atoms with Crippen LogP contribution in [-0.4, -0.2) is 13.0 Å². The van der Waals surface area contributed by atoms with Gasteiger partial charge in [-0.3, -0.25) is 4.55 Å². The quantitative estimate of drug-likeness (QED) is 0.744. The molecule has 0 aromatic heterocycles. The maximum absolute atomic E-state index is 11.2. The third-order valence-electron chi connectivity index (χ3n) is 2.61. The summed E-state index contributed by atoms with van der Waals surface area (Å²) in [6.45, 7) is 1.69. The minimum Gasteiger partial charge on any atom is -0.282 e. The topological polar surface area (TPSA) is 54.4 Å². The average molecular weight is 224 g/mol. The Balaban J connectivity index is 2.79. The predicted octanol–water partition coefficient (Wildman–Crippen LogP) is 2.20. The zero-order chi connectivity index (χ0) is 11.1. The highest BCUT2D eigenvalue weighted by Gasteiger charge is 2.20. The van der Waals surface area contributed by atoms with E-state index in [1.807, 2.05) is 12.1 Å². The van der Waals surface area contributed by atoms with Crippen molar-refractivity contribution in [3.8, 4) is 0 Å². The summed E-state index contributed by atoms with van der Waals surface area (Å²) in [5.74, 6) is 0. The van der Waals surface area contributed by atoms with Crippen molar-refractivity contribution in [3.63, 3.8) is 0 Å².